The van der Waals surface area contributed by atoms with E-state index in [0.29, 0.717) is 0 Å². The summed E-state index contributed by atoms with van der Waals surface area (Å²) in [5.74, 6) is 2.43. The van der Waals surface area contributed by atoms with Gasteiger partial charge >= 0.3 is 0 Å². The summed E-state index contributed by atoms with van der Waals surface area (Å²) in [5, 5.41) is 0. The van der Waals surface area contributed by atoms with Crippen molar-refractivity contribution < 1.29 is 0 Å². The van der Waals surface area contributed by atoms with Crippen LogP contribution in [0.2, 0.25) is 0 Å². The first kappa shape index (κ1) is 30.4. The fourth-order valence-electron chi connectivity index (χ4n) is 0. The topological polar surface area (TPSA) is 0 Å². The fourth-order valence-corrected chi connectivity index (χ4v) is 0. The Hall–Kier alpha value is 0.359. The van der Waals surface area contributed by atoms with Crippen molar-refractivity contribution in [2.45, 2.75) is 93.4 Å². The molecule has 0 saturated carbocycles. The van der Waals surface area contributed by atoms with Crippen LogP contribution in [0.5, 0.6) is 0 Å². The van der Waals surface area contributed by atoms with E-state index in [0.717, 1.165) is 6.42 Å². The van der Waals surface area contributed by atoms with Crippen LogP contribution in [-0.2, 0) is 0 Å². The zero-order valence-electron chi connectivity index (χ0n) is 13.5. The van der Waals surface area contributed by atoms with E-state index in [1.807, 2.05) is 6.92 Å². The second-order valence-corrected chi connectivity index (χ2v) is 3.56. The molecule has 0 bridgehead atoms. The molecule has 4 radical (unpaired) electrons. The van der Waals surface area contributed by atoms with E-state index in [1.54, 1.807) is 0 Å². The number of unbranched alkanes of at least 4 members (excludes halogenated alkanes) is 3. The Balaban J connectivity index is -0.0000000369. The number of rotatable bonds is 3. The van der Waals surface area contributed by atoms with Crippen molar-refractivity contribution in [1.29, 1.82) is 0 Å². The van der Waals surface area contributed by atoms with Gasteiger partial charge in [0.1, 0.15) is 0 Å². The van der Waals surface area contributed by atoms with Gasteiger partial charge in [0.25, 0.3) is 0 Å². The first-order valence-electron chi connectivity index (χ1n) is 7.09. The molecule has 0 rings (SSSR count). The third kappa shape index (κ3) is 178. The number of terminal acetylenes is 1. The second kappa shape index (κ2) is 55.2. The molecule has 0 N–H and O–H groups in total. The van der Waals surface area contributed by atoms with E-state index in [4.69, 9.17) is 6.42 Å². The van der Waals surface area contributed by atoms with Gasteiger partial charge in [-0.15, -0.1) is 12.3 Å². The van der Waals surface area contributed by atoms with E-state index >= 15 is 0 Å². The van der Waals surface area contributed by atoms with Gasteiger partial charge in [-0.3, -0.25) is 0 Å². The van der Waals surface area contributed by atoms with Gasteiger partial charge in [0.15, 0.2) is 0 Å². The van der Waals surface area contributed by atoms with Crippen LogP contribution >= 0.6 is 0 Å². The standard InChI is InChI=1S/3C4H10.C4H6.Sn/c4*1-3-4-2;/h3*3-4H2,1-2H3;1H,4H2,2H3;. The maximum Gasteiger partial charge on any atom is 0.00576 e. The molecule has 0 aliphatic rings. The smallest absolute Gasteiger partial charge is 0.00576 e. The molecule has 0 fully saturated rings. The summed E-state index contributed by atoms with van der Waals surface area (Å²) in [4.78, 5) is 0. The molecule has 17 heavy (non-hydrogen) atoms. The summed E-state index contributed by atoms with van der Waals surface area (Å²) in [5.41, 5.74) is 0. The van der Waals surface area contributed by atoms with Crippen LogP contribution in [-0.4, -0.2) is 23.9 Å². The van der Waals surface area contributed by atoms with Gasteiger partial charge in [0, 0.05) is 30.3 Å². The molecule has 0 aliphatic heterocycles. The van der Waals surface area contributed by atoms with Gasteiger partial charge in [-0.1, -0.05) is 87.0 Å². The molecule has 0 heterocycles. The van der Waals surface area contributed by atoms with Gasteiger partial charge in [0.2, 0.25) is 0 Å². The maximum absolute atomic E-state index is 4.78. The quantitative estimate of drug-likeness (QED) is 0.429. The SMILES string of the molecule is C#CCC.CCCC.CCCC.CCCC.[Sn]. The third-order valence-corrected chi connectivity index (χ3v) is 1.70. The molecule has 1 heteroatoms. The average Bonchev–Trinajstić information content (AvgIpc) is 2.39. The summed E-state index contributed by atoms with van der Waals surface area (Å²) in [6, 6.07) is 0. The summed E-state index contributed by atoms with van der Waals surface area (Å²) in [6.07, 6.45) is 13.5. The van der Waals surface area contributed by atoms with Crippen molar-refractivity contribution in [2.75, 3.05) is 0 Å². The molecule has 0 unspecified atom stereocenters. The van der Waals surface area contributed by atoms with Gasteiger partial charge < -0.3 is 0 Å². The van der Waals surface area contributed by atoms with Crippen LogP contribution in [0.4, 0.5) is 0 Å². The predicted octanol–water partition coefficient (Wildman–Crippen LogP) is 6.07. The predicted molar refractivity (Wildman–Crippen MR) is 86.6 cm³/mol. The monoisotopic (exact) mass is 348 g/mol. The van der Waals surface area contributed by atoms with Crippen LogP contribution in [0.25, 0.3) is 0 Å². The van der Waals surface area contributed by atoms with Gasteiger partial charge in [-0.2, -0.15) is 0 Å². The minimum Gasteiger partial charge on any atom is -0.120 e. The van der Waals surface area contributed by atoms with Gasteiger partial charge in [-0.05, 0) is 0 Å². The maximum atomic E-state index is 4.78. The largest absolute Gasteiger partial charge is 0.120 e. The molecular formula is C16H36Sn. The molecular weight excluding hydrogens is 311 g/mol. The van der Waals surface area contributed by atoms with Crippen LogP contribution in [0.15, 0.2) is 0 Å². The van der Waals surface area contributed by atoms with E-state index < -0.39 is 0 Å². The summed E-state index contributed by atoms with van der Waals surface area (Å²) in [7, 11) is 0. The Bertz CT molecular complexity index is 76.7. The molecule has 0 aromatic carbocycles. The van der Waals surface area contributed by atoms with E-state index in [2.05, 4.69) is 47.5 Å². The summed E-state index contributed by atoms with van der Waals surface area (Å²) in [6.45, 7) is 15.0. The zero-order valence-corrected chi connectivity index (χ0v) is 16.4. The summed E-state index contributed by atoms with van der Waals surface area (Å²) >= 11 is 0. The fraction of sp³-hybridized carbons (Fsp3) is 0.875. The Morgan fingerprint density at radius 1 is 0.588 bits per heavy atom. The first-order valence-corrected chi connectivity index (χ1v) is 7.09. The second-order valence-electron chi connectivity index (χ2n) is 3.56. The Labute approximate surface area is 129 Å². The number of hydrogen-bond donors (Lipinski definition) is 0. The van der Waals surface area contributed by atoms with Crippen LogP contribution < -0.4 is 0 Å². The minimum atomic E-state index is 0. The Morgan fingerprint density at radius 2 is 0.706 bits per heavy atom. The van der Waals surface area contributed by atoms with Crippen molar-refractivity contribution in [3.8, 4) is 12.3 Å². The van der Waals surface area contributed by atoms with E-state index in [-0.39, 0.29) is 23.9 Å². The minimum absolute atomic E-state index is 0. The molecule has 0 nitrogen and oxygen atoms in total. The summed E-state index contributed by atoms with van der Waals surface area (Å²) < 4.78 is 0. The first-order chi connectivity index (χ1) is 7.66. The molecule has 0 amide bonds. The molecule has 0 saturated heterocycles. The van der Waals surface area contributed by atoms with Crippen molar-refractivity contribution in [3.05, 3.63) is 0 Å². The van der Waals surface area contributed by atoms with Crippen molar-refractivity contribution in [1.82, 2.24) is 0 Å². The van der Waals surface area contributed by atoms with Crippen LogP contribution in [0.1, 0.15) is 93.4 Å². The zero-order chi connectivity index (χ0) is 13.7. The molecule has 0 spiro atoms. The van der Waals surface area contributed by atoms with E-state index in [9.17, 15) is 0 Å². The molecule has 0 atom stereocenters. The van der Waals surface area contributed by atoms with Crippen molar-refractivity contribution in [3.63, 3.8) is 0 Å². The van der Waals surface area contributed by atoms with Crippen LogP contribution in [0.3, 0.4) is 0 Å². The number of hydrogen-bond acceptors (Lipinski definition) is 0. The Kier molecular flexibility index (Phi) is 98.8. The molecule has 0 aromatic rings. The molecule has 0 aliphatic carbocycles. The van der Waals surface area contributed by atoms with Gasteiger partial charge in [0.05, 0.1) is 0 Å². The van der Waals surface area contributed by atoms with Crippen molar-refractivity contribution in [2.24, 2.45) is 0 Å². The molecule has 104 valence electrons. The van der Waals surface area contributed by atoms with E-state index in [1.165, 1.54) is 38.5 Å². The Morgan fingerprint density at radius 3 is 0.706 bits per heavy atom. The normalized spacial score (nSPS) is 6.47. The van der Waals surface area contributed by atoms with Crippen LogP contribution in [0, 0.1) is 12.3 Å². The van der Waals surface area contributed by atoms with Gasteiger partial charge in [-0.25, -0.2) is 0 Å². The molecule has 0 aromatic heterocycles. The van der Waals surface area contributed by atoms with Crippen molar-refractivity contribution >= 4 is 23.9 Å². The third-order valence-electron chi connectivity index (χ3n) is 1.70. The average molecular weight is 347 g/mol.